The van der Waals surface area contributed by atoms with Gasteiger partial charge < -0.3 is 15.0 Å². The van der Waals surface area contributed by atoms with Crippen molar-refractivity contribution in [2.75, 3.05) is 38.1 Å². The van der Waals surface area contributed by atoms with Crippen LogP contribution in [0.15, 0.2) is 48.5 Å². The predicted molar refractivity (Wildman–Crippen MR) is 112 cm³/mol. The number of rotatable bonds is 5. The van der Waals surface area contributed by atoms with Crippen molar-refractivity contribution in [3.63, 3.8) is 0 Å². The maximum atomic E-state index is 5.95. The Bertz CT molecular complexity index is 713. The normalized spacial score (nSPS) is 14.9. The maximum absolute atomic E-state index is 5.95. The Kier molecular flexibility index (Phi) is 6.72. The molecule has 26 heavy (non-hydrogen) atoms. The van der Waals surface area contributed by atoms with Crippen molar-refractivity contribution in [1.29, 1.82) is 0 Å². The summed E-state index contributed by atoms with van der Waals surface area (Å²) in [5.74, 6) is 0.875. The van der Waals surface area contributed by atoms with E-state index in [1.165, 1.54) is 5.56 Å². The van der Waals surface area contributed by atoms with Crippen molar-refractivity contribution < 1.29 is 4.74 Å². The van der Waals surface area contributed by atoms with E-state index in [9.17, 15) is 0 Å². The van der Waals surface area contributed by atoms with Gasteiger partial charge in [0.25, 0.3) is 0 Å². The molecule has 0 bridgehead atoms. The number of hydrogen-bond donors (Lipinski definition) is 1. The topological polar surface area (TPSA) is 27.7 Å². The van der Waals surface area contributed by atoms with Crippen LogP contribution in [0, 0.1) is 0 Å². The molecule has 0 atom stereocenters. The Balaban J connectivity index is 1.46. The molecule has 1 aliphatic heterocycles. The molecular weight excluding hydrogens is 366 g/mol. The van der Waals surface area contributed by atoms with Crippen LogP contribution in [0.3, 0.4) is 0 Å². The molecular formula is C20H24ClN3OS. The lowest BCUT2D eigenvalue weighted by Crippen LogP contribution is -2.49. The quantitative estimate of drug-likeness (QED) is 0.771. The number of benzene rings is 2. The maximum Gasteiger partial charge on any atom is 0.173 e. The molecule has 2 aromatic rings. The highest BCUT2D eigenvalue weighted by atomic mass is 35.5. The van der Waals surface area contributed by atoms with E-state index < -0.39 is 0 Å². The summed E-state index contributed by atoms with van der Waals surface area (Å²) < 4.78 is 5.47. The predicted octanol–water partition coefficient (Wildman–Crippen LogP) is 4.25. The van der Waals surface area contributed by atoms with Crippen molar-refractivity contribution >= 4 is 34.6 Å². The highest BCUT2D eigenvalue weighted by molar-refractivity contribution is 7.80. The van der Waals surface area contributed by atoms with E-state index in [2.05, 4.69) is 27.2 Å². The van der Waals surface area contributed by atoms with Crippen molar-refractivity contribution in [3.05, 3.63) is 59.1 Å². The van der Waals surface area contributed by atoms with Crippen molar-refractivity contribution in [2.24, 2.45) is 0 Å². The molecule has 0 amide bonds. The zero-order valence-corrected chi connectivity index (χ0v) is 16.5. The molecule has 0 spiro atoms. The minimum atomic E-state index is 0.672. The van der Waals surface area contributed by atoms with Crippen molar-refractivity contribution in [1.82, 2.24) is 9.80 Å². The molecule has 0 saturated carbocycles. The van der Waals surface area contributed by atoms with Crippen LogP contribution < -0.4 is 10.1 Å². The Labute approximate surface area is 165 Å². The second-order valence-electron chi connectivity index (χ2n) is 6.28. The molecule has 138 valence electrons. The van der Waals surface area contributed by atoms with E-state index in [0.717, 1.165) is 54.3 Å². The molecule has 3 rings (SSSR count). The number of hydrogen-bond acceptors (Lipinski definition) is 3. The minimum absolute atomic E-state index is 0.672. The lowest BCUT2D eigenvalue weighted by atomic mass is 10.2. The van der Waals surface area contributed by atoms with Gasteiger partial charge in [-0.05, 0) is 61.1 Å². The van der Waals surface area contributed by atoms with Crippen LogP contribution in [-0.4, -0.2) is 47.7 Å². The Morgan fingerprint density at radius 2 is 1.69 bits per heavy atom. The van der Waals surface area contributed by atoms with Crippen LogP contribution in [0.2, 0.25) is 5.02 Å². The van der Waals surface area contributed by atoms with Gasteiger partial charge in [0.05, 0.1) is 6.61 Å². The number of piperazine rings is 1. The average molecular weight is 390 g/mol. The van der Waals surface area contributed by atoms with Crippen molar-refractivity contribution in [3.8, 4) is 5.75 Å². The van der Waals surface area contributed by atoms with Crippen LogP contribution in [0.1, 0.15) is 12.5 Å². The number of nitrogens with one attached hydrogen (secondary N) is 1. The van der Waals surface area contributed by atoms with E-state index >= 15 is 0 Å². The van der Waals surface area contributed by atoms with E-state index in [0.29, 0.717) is 6.61 Å². The lowest BCUT2D eigenvalue weighted by Gasteiger charge is -2.36. The summed E-state index contributed by atoms with van der Waals surface area (Å²) in [4.78, 5) is 4.67. The number of anilines is 1. The molecule has 1 N–H and O–H groups in total. The number of ether oxygens (including phenoxy) is 1. The van der Waals surface area contributed by atoms with Crippen LogP contribution >= 0.6 is 23.8 Å². The van der Waals surface area contributed by atoms with E-state index in [1.807, 2.05) is 43.3 Å². The largest absolute Gasteiger partial charge is 0.494 e. The molecule has 1 aliphatic rings. The third-order valence-electron chi connectivity index (χ3n) is 4.40. The van der Waals surface area contributed by atoms with E-state index in [4.69, 9.17) is 28.6 Å². The summed E-state index contributed by atoms with van der Waals surface area (Å²) in [5.41, 5.74) is 2.28. The van der Waals surface area contributed by atoms with Gasteiger partial charge in [-0.15, -0.1) is 0 Å². The SMILES string of the molecule is CCOc1ccc(NC(=S)N2CCN(Cc3ccc(Cl)cc3)CC2)cc1. The van der Waals surface area contributed by atoms with Gasteiger partial charge in [0.2, 0.25) is 0 Å². The molecule has 1 saturated heterocycles. The molecule has 0 radical (unpaired) electrons. The molecule has 2 aromatic carbocycles. The van der Waals surface area contributed by atoms with Crippen LogP contribution in [-0.2, 0) is 6.54 Å². The molecule has 1 heterocycles. The standard InChI is InChI=1S/C20H24ClN3OS/c1-2-25-19-9-7-18(8-10-19)22-20(26)24-13-11-23(12-14-24)15-16-3-5-17(21)6-4-16/h3-10H,2,11-15H2,1H3,(H,22,26). The van der Waals surface area contributed by atoms with Gasteiger partial charge in [0.15, 0.2) is 5.11 Å². The molecule has 0 aliphatic carbocycles. The van der Waals surface area contributed by atoms with Gasteiger partial charge in [0.1, 0.15) is 5.75 Å². The second kappa shape index (κ2) is 9.21. The number of halogens is 1. The second-order valence-corrected chi connectivity index (χ2v) is 7.10. The Morgan fingerprint density at radius 3 is 2.31 bits per heavy atom. The summed E-state index contributed by atoms with van der Waals surface area (Å²) in [5, 5.41) is 4.88. The monoisotopic (exact) mass is 389 g/mol. The molecule has 0 unspecified atom stereocenters. The van der Waals surface area contributed by atoms with E-state index in [-0.39, 0.29) is 0 Å². The van der Waals surface area contributed by atoms with Gasteiger partial charge in [-0.2, -0.15) is 0 Å². The summed E-state index contributed by atoms with van der Waals surface area (Å²) in [6, 6.07) is 16.0. The highest BCUT2D eigenvalue weighted by Gasteiger charge is 2.19. The first-order valence-electron chi connectivity index (χ1n) is 8.89. The summed E-state index contributed by atoms with van der Waals surface area (Å²) in [7, 11) is 0. The van der Waals surface area contributed by atoms with Gasteiger partial charge in [-0.25, -0.2) is 0 Å². The first-order valence-corrected chi connectivity index (χ1v) is 9.68. The smallest absolute Gasteiger partial charge is 0.173 e. The third-order valence-corrected chi connectivity index (χ3v) is 5.01. The van der Waals surface area contributed by atoms with Gasteiger partial charge >= 0.3 is 0 Å². The van der Waals surface area contributed by atoms with E-state index in [1.54, 1.807) is 0 Å². The fourth-order valence-corrected chi connectivity index (χ4v) is 3.39. The van der Waals surface area contributed by atoms with Crippen molar-refractivity contribution in [2.45, 2.75) is 13.5 Å². The fourth-order valence-electron chi connectivity index (χ4n) is 2.96. The Hall–Kier alpha value is -1.82. The van der Waals surface area contributed by atoms with Gasteiger partial charge in [-0.1, -0.05) is 23.7 Å². The lowest BCUT2D eigenvalue weighted by molar-refractivity contribution is 0.177. The Morgan fingerprint density at radius 1 is 1.04 bits per heavy atom. The van der Waals surface area contributed by atoms with Gasteiger partial charge in [-0.3, -0.25) is 4.90 Å². The zero-order valence-electron chi connectivity index (χ0n) is 15.0. The summed E-state index contributed by atoms with van der Waals surface area (Å²) in [6.07, 6.45) is 0. The first kappa shape index (κ1) is 19.0. The molecule has 0 aromatic heterocycles. The average Bonchev–Trinajstić information content (AvgIpc) is 2.66. The number of thiocarbonyl (C=S) groups is 1. The fraction of sp³-hybridized carbons (Fsp3) is 0.350. The minimum Gasteiger partial charge on any atom is -0.494 e. The number of nitrogens with zero attached hydrogens (tertiary/aromatic N) is 2. The first-order chi connectivity index (χ1) is 12.6. The summed E-state index contributed by atoms with van der Waals surface area (Å²) in [6.45, 7) is 7.44. The zero-order chi connectivity index (χ0) is 18.4. The third kappa shape index (κ3) is 5.34. The molecule has 1 fully saturated rings. The summed E-state index contributed by atoms with van der Waals surface area (Å²) >= 11 is 11.5. The molecule has 4 nitrogen and oxygen atoms in total. The van der Waals surface area contributed by atoms with Gasteiger partial charge in [0, 0.05) is 43.4 Å². The molecule has 6 heteroatoms. The van der Waals surface area contributed by atoms with Crippen LogP contribution in [0.4, 0.5) is 5.69 Å². The highest BCUT2D eigenvalue weighted by Crippen LogP contribution is 2.17. The van der Waals surface area contributed by atoms with Crippen LogP contribution in [0.5, 0.6) is 5.75 Å². The van der Waals surface area contributed by atoms with Crippen LogP contribution in [0.25, 0.3) is 0 Å².